The molecule has 0 bridgehead atoms. The SMILES string of the molecule is O=C(NCCOCCO)C1CCC2CCCCC2C1. The number of amides is 1. The number of hydrogen-bond donors (Lipinski definition) is 2. The second-order valence-electron chi connectivity index (χ2n) is 5.94. The van der Waals surface area contributed by atoms with E-state index in [2.05, 4.69) is 5.32 Å². The molecule has 2 rings (SSSR count). The van der Waals surface area contributed by atoms with Gasteiger partial charge in [-0.2, -0.15) is 0 Å². The quantitative estimate of drug-likeness (QED) is 0.722. The van der Waals surface area contributed by atoms with E-state index in [4.69, 9.17) is 9.84 Å². The zero-order chi connectivity index (χ0) is 13.5. The molecule has 0 aromatic carbocycles. The Labute approximate surface area is 115 Å². The van der Waals surface area contributed by atoms with Crippen LogP contribution < -0.4 is 5.32 Å². The van der Waals surface area contributed by atoms with Crippen LogP contribution in [-0.2, 0) is 9.53 Å². The van der Waals surface area contributed by atoms with Crippen LogP contribution in [0.2, 0.25) is 0 Å². The smallest absolute Gasteiger partial charge is 0.223 e. The van der Waals surface area contributed by atoms with Crippen molar-refractivity contribution in [1.82, 2.24) is 5.32 Å². The lowest BCUT2D eigenvalue weighted by molar-refractivity contribution is -0.127. The lowest BCUT2D eigenvalue weighted by atomic mass is 9.67. The number of carbonyl (C=O) groups is 1. The summed E-state index contributed by atoms with van der Waals surface area (Å²) < 4.78 is 5.14. The number of aliphatic hydroxyl groups is 1. The zero-order valence-corrected chi connectivity index (χ0v) is 11.8. The van der Waals surface area contributed by atoms with Gasteiger partial charge in [-0.05, 0) is 31.1 Å². The lowest BCUT2D eigenvalue weighted by Crippen LogP contribution is -2.38. The highest BCUT2D eigenvalue weighted by Crippen LogP contribution is 2.42. The Balaban J connectivity index is 1.65. The average Bonchev–Trinajstić information content (AvgIpc) is 2.46. The maximum atomic E-state index is 12.1. The van der Waals surface area contributed by atoms with E-state index in [1.165, 1.54) is 32.1 Å². The second-order valence-corrected chi connectivity index (χ2v) is 5.94. The van der Waals surface area contributed by atoms with Crippen LogP contribution in [0.4, 0.5) is 0 Å². The van der Waals surface area contributed by atoms with E-state index in [0.29, 0.717) is 19.8 Å². The Morgan fingerprint density at radius 1 is 1.11 bits per heavy atom. The normalized spacial score (nSPS) is 30.7. The van der Waals surface area contributed by atoms with Crippen molar-refractivity contribution in [3.63, 3.8) is 0 Å². The molecule has 0 spiro atoms. The van der Waals surface area contributed by atoms with Crippen LogP contribution >= 0.6 is 0 Å². The Bertz CT molecular complexity index is 283. The van der Waals surface area contributed by atoms with E-state index in [9.17, 15) is 4.79 Å². The third-order valence-electron chi connectivity index (χ3n) is 4.69. The summed E-state index contributed by atoms with van der Waals surface area (Å²) in [6, 6.07) is 0. The van der Waals surface area contributed by atoms with Gasteiger partial charge in [-0.1, -0.05) is 25.7 Å². The molecule has 3 unspecified atom stereocenters. The highest BCUT2D eigenvalue weighted by atomic mass is 16.5. The molecule has 4 heteroatoms. The van der Waals surface area contributed by atoms with Crippen molar-refractivity contribution < 1.29 is 14.6 Å². The lowest BCUT2D eigenvalue weighted by Gasteiger charge is -2.38. The summed E-state index contributed by atoms with van der Waals surface area (Å²) in [5.74, 6) is 2.11. The van der Waals surface area contributed by atoms with Crippen molar-refractivity contribution in [2.45, 2.75) is 44.9 Å². The molecule has 2 aliphatic carbocycles. The second kappa shape index (κ2) is 7.85. The first-order chi connectivity index (χ1) is 9.31. The van der Waals surface area contributed by atoms with E-state index in [1.807, 2.05) is 0 Å². The van der Waals surface area contributed by atoms with Gasteiger partial charge in [0.1, 0.15) is 0 Å². The number of aliphatic hydroxyl groups excluding tert-OH is 1. The summed E-state index contributed by atoms with van der Waals surface area (Å²) in [7, 11) is 0. The van der Waals surface area contributed by atoms with Gasteiger partial charge in [0.2, 0.25) is 5.91 Å². The number of ether oxygens (including phenoxy) is 1. The molecular formula is C15H27NO3. The Morgan fingerprint density at radius 3 is 2.68 bits per heavy atom. The molecule has 1 amide bonds. The van der Waals surface area contributed by atoms with Crippen molar-refractivity contribution in [3.05, 3.63) is 0 Å². The van der Waals surface area contributed by atoms with E-state index in [0.717, 1.165) is 24.7 Å². The third kappa shape index (κ3) is 4.46. The van der Waals surface area contributed by atoms with Gasteiger partial charge in [-0.25, -0.2) is 0 Å². The van der Waals surface area contributed by atoms with Crippen molar-refractivity contribution in [2.24, 2.45) is 17.8 Å². The van der Waals surface area contributed by atoms with Crippen LogP contribution in [-0.4, -0.2) is 37.4 Å². The fourth-order valence-electron chi connectivity index (χ4n) is 3.67. The number of carbonyl (C=O) groups excluding carboxylic acids is 1. The Kier molecular flexibility index (Phi) is 6.11. The summed E-state index contributed by atoms with van der Waals surface area (Å²) in [6.07, 6.45) is 8.84. The minimum atomic E-state index is 0.0413. The maximum absolute atomic E-state index is 12.1. The molecule has 0 saturated heterocycles. The Hall–Kier alpha value is -0.610. The van der Waals surface area contributed by atoms with Crippen molar-refractivity contribution in [2.75, 3.05) is 26.4 Å². The van der Waals surface area contributed by atoms with E-state index < -0.39 is 0 Å². The summed E-state index contributed by atoms with van der Waals surface area (Å²) in [6.45, 7) is 1.44. The summed E-state index contributed by atoms with van der Waals surface area (Å²) in [4.78, 5) is 12.1. The molecule has 110 valence electrons. The largest absolute Gasteiger partial charge is 0.394 e. The van der Waals surface area contributed by atoms with Gasteiger partial charge in [0.15, 0.2) is 0 Å². The standard InChI is InChI=1S/C15H27NO3/c17-8-10-19-9-7-16-15(18)14-6-5-12-3-1-2-4-13(12)11-14/h12-14,17H,1-11H2,(H,16,18). The number of rotatable bonds is 6. The van der Waals surface area contributed by atoms with Crippen molar-refractivity contribution >= 4 is 5.91 Å². The summed E-state index contributed by atoms with van der Waals surface area (Å²) in [5, 5.41) is 11.5. The fourth-order valence-corrected chi connectivity index (χ4v) is 3.67. The molecule has 0 aromatic rings. The van der Waals surface area contributed by atoms with Crippen LogP contribution in [0.25, 0.3) is 0 Å². The van der Waals surface area contributed by atoms with Crippen LogP contribution in [0.15, 0.2) is 0 Å². The molecule has 2 N–H and O–H groups in total. The van der Waals surface area contributed by atoms with Gasteiger partial charge in [0.05, 0.1) is 19.8 Å². The first-order valence-electron chi connectivity index (χ1n) is 7.77. The topological polar surface area (TPSA) is 58.6 Å². The number of fused-ring (bicyclic) bond motifs is 1. The average molecular weight is 269 g/mol. The van der Waals surface area contributed by atoms with Crippen molar-refractivity contribution in [1.29, 1.82) is 0 Å². The molecule has 3 atom stereocenters. The highest BCUT2D eigenvalue weighted by Gasteiger charge is 2.34. The zero-order valence-electron chi connectivity index (χ0n) is 11.8. The fraction of sp³-hybridized carbons (Fsp3) is 0.933. The number of hydrogen-bond acceptors (Lipinski definition) is 3. The molecule has 0 aliphatic heterocycles. The van der Waals surface area contributed by atoms with Crippen LogP contribution in [0.5, 0.6) is 0 Å². The van der Waals surface area contributed by atoms with Gasteiger partial charge >= 0.3 is 0 Å². The van der Waals surface area contributed by atoms with Crippen LogP contribution in [0.1, 0.15) is 44.9 Å². The van der Waals surface area contributed by atoms with E-state index in [1.54, 1.807) is 0 Å². The molecule has 2 saturated carbocycles. The highest BCUT2D eigenvalue weighted by molar-refractivity contribution is 5.78. The van der Waals surface area contributed by atoms with Gasteiger partial charge in [0, 0.05) is 12.5 Å². The van der Waals surface area contributed by atoms with Gasteiger partial charge < -0.3 is 15.2 Å². The molecule has 2 fully saturated rings. The number of nitrogens with one attached hydrogen (secondary N) is 1. The summed E-state index contributed by atoms with van der Waals surface area (Å²) in [5.41, 5.74) is 0. The van der Waals surface area contributed by atoms with E-state index in [-0.39, 0.29) is 18.4 Å². The van der Waals surface area contributed by atoms with Crippen molar-refractivity contribution in [3.8, 4) is 0 Å². The van der Waals surface area contributed by atoms with Gasteiger partial charge in [0.25, 0.3) is 0 Å². The minimum Gasteiger partial charge on any atom is -0.394 e. The van der Waals surface area contributed by atoms with Crippen LogP contribution in [0, 0.1) is 17.8 Å². The summed E-state index contributed by atoms with van der Waals surface area (Å²) >= 11 is 0. The Morgan fingerprint density at radius 2 is 1.89 bits per heavy atom. The van der Waals surface area contributed by atoms with Crippen LogP contribution in [0.3, 0.4) is 0 Å². The molecule has 19 heavy (non-hydrogen) atoms. The first-order valence-corrected chi connectivity index (χ1v) is 7.77. The molecule has 2 aliphatic rings. The molecular weight excluding hydrogens is 242 g/mol. The predicted octanol–water partition coefficient (Wildman–Crippen LogP) is 1.72. The van der Waals surface area contributed by atoms with Gasteiger partial charge in [-0.3, -0.25) is 4.79 Å². The predicted molar refractivity (Wildman–Crippen MR) is 73.7 cm³/mol. The maximum Gasteiger partial charge on any atom is 0.223 e. The molecule has 4 nitrogen and oxygen atoms in total. The third-order valence-corrected chi connectivity index (χ3v) is 4.69. The molecule has 0 radical (unpaired) electrons. The molecule has 0 aromatic heterocycles. The first kappa shape index (κ1) is 14.8. The van der Waals surface area contributed by atoms with Gasteiger partial charge in [-0.15, -0.1) is 0 Å². The van der Waals surface area contributed by atoms with E-state index >= 15 is 0 Å². The molecule has 0 heterocycles. The monoisotopic (exact) mass is 269 g/mol. The minimum absolute atomic E-state index is 0.0413.